The Labute approximate surface area is 127 Å². The maximum absolute atomic E-state index is 13.6. The van der Waals surface area contributed by atoms with Gasteiger partial charge >= 0.3 is 12.0 Å². The van der Waals surface area contributed by atoms with Crippen LogP contribution < -0.4 is 10.6 Å². The number of carboxylic acids is 1. The summed E-state index contributed by atoms with van der Waals surface area (Å²) in [5, 5.41) is 13.4. The zero-order chi connectivity index (χ0) is 15.6. The fraction of sp³-hybridized carbons (Fsp3) is 0.385. The second kappa shape index (κ2) is 5.97. The summed E-state index contributed by atoms with van der Waals surface area (Å²) in [7, 11) is 0. The summed E-state index contributed by atoms with van der Waals surface area (Å²) in [6.07, 6.45) is 1.64. The van der Waals surface area contributed by atoms with E-state index in [-0.39, 0.29) is 10.9 Å². The van der Waals surface area contributed by atoms with Crippen LogP contribution >= 0.6 is 15.9 Å². The molecule has 1 aliphatic carbocycles. The molecule has 0 atom stereocenters. The van der Waals surface area contributed by atoms with E-state index < -0.39 is 34.9 Å². The Bertz CT molecular complexity index is 568. The average Bonchev–Trinajstić information content (AvgIpc) is 2.30. The molecule has 0 spiro atoms. The molecule has 1 saturated carbocycles. The van der Waals surface area contributed by atoms with E-state index in [1.54, 1.807) is 0 Å². The molecule has 2 amide bonds. The maximum atomic E-state index is 13.6. The van der Waals surface area contributed by atoms with E-state index in [0.29, 0.717) is 12.8 Å². The number of rotatable bonds is 4. The highest BCUT2D eigenvalue weighted by Crippen LogP contribution is 2.35. The van der Waals surface area contributed by atoms with E-state index in [0.717, 1.165) is 18.6 Å². The molecule has 0 unspecified atom stereocenters. The number of carbonyl (C=O) groups is 2. The van der Waals surface area contributed by atoms with E-state index in [4.69, 9.17) is 5.11 Å². The van der Waals surface area contributed by atoms with E-state index in [1.165, 1.54) is 0 Å². The number of aliphatic carboxylic acids is 1. The number of anilines is 1. The molecule has 3 N–H and O–H groups in total. The van der Waals surface area contributed by atoms with Gasteiger partial charge in [0.15, 0.2) is 11.6 Å². The monoisotopic (exact) mass is 362 g/mol. The van der Waals surface area contributed by atoms with Gasteiger partial charge in [0.25, 0.3) is 0 Å². The molecule has 5 nitrogen and oxygen atoms in total. The van der Waals surface area contributed by atoms with E-state index in [2.05, 4.69) is 26.6 Å². The lowest BCUT2D eigenvalue weighted by molar-refractivity contribution is -0.139. The quantitative estimate of drug-likeness (QED) is 0.769. The van der Waals surface area contributed by atoms with Crippen LogP contribution in [0.5, 0.6) is 0 Å². The van der Waals surface area contributed by atoms with Crippen molar-refractivity contribution in [3.63, 3.8) is 0 Å². The third kappa shape index (κ3) is 3.69. The number of hydrogen-bond acceptors (Lipinski definition) is 2. The molecular formula is C13H13BrF2N2O3. The lowest BCUT2D eigenvalue weighted by Gasteiger charge is -2.41. The molecule has 8 heteroatoms. The Kier molecular flexibility index (Phi) is 4.46. The SMILES string of the molecule is O=C(O)CC1(NC(=O)Nc2c(F)cc(Br)cc2F)CCC1. The molecular weight excluding hydrogens is 350 g/mol. The summed E-state index contributed by atoms with van der Waals surface area (Å²) in [6, 6.07) is 1.22. The third-order valence-corrected chi connectivity index (χ3v) is 3.88. The molecule has 0 aliphatic heterocycles. The summed E-state index contributed by atoms with van der Waals surface area (Å²) < 4.78 is 27.4. The van der Waals surface area contributed by atoms with Crippen molar-refractivity contribution >= 4 is 33.6 Å². The van der Waals surface area contributed by atoms with Crippen molar-refractivity contribution in [1.82, 2.24) is 5.32 Å². The van der Waals surface area contributed by atoms with Crippen LogP contribution in [0.15, 0.2) is 16.6 Å². The Hall–Kier alpha value is -1.70. The molecule has 1 aromatic rings. The fourth-order valence-corrected chi connectivity index (χ4v) is 2.69. The van der Waals surface area contributed by atoms with Gasteiger partial charge in [-0.25, -0.2) is 13.6 Å². The van der Waals surface area contributed by atoms with Gasteiger partial charge < -0.3 is 15.7 Å². The minimum Gasteiger partial charge on any atom is -0.481 e. The molecule has 1 aliphatic rings. The van der Waals surface area contributed by atoms with Crippen molar-refractivity contribution in [2.24, 2.45) is 0 Å². The van der Waals surface area contributed by atoms with Crippen LogP contribution in [0.25, 0.3) is 0 Å². The van der Waals surface area contributed by atoms with Crippen LogP contribution in [0.1, 0.15) is 25.7 Å². The second-order valence-electron chi connectivity index (χ2n) is 5.03. The normalized spacial score (nSPS) is 16.0. The standard InChI is InChI=1S/C13H13BrF2N2O3/c14-7-4-8(15)11(9(16)5-7)17-12(21)18-13(2-1-3-13)6-10(19)20/h4-5H,1-3,6H2,(H,19,20)(H2,17,18,21). The van der Waals surface area contributed by atoms with Gasteiger partial charge in [0, 0.05) is 4.47 Å². The summed E-state index contributed by atoms with van der Waals surface area (Å²) in [6.45, 7) is 0. The van der Waals surface area contributed by atoms with Gasteiger partial charge in [-0.15, -0.1) is 0 Å². The first-order valence-electron chi connectivity index (χ1n) is 6.27. The zero-order valence-electron chi connectivity index (χ0n) is 10.9. The highest BCUT2D eigenvalue weighted by Gasteiger charge is 2.40. The summed E-state index contributed by atoms with van der Waals surface area (Å²) in [5.41, 5.74) is -1.40. The van der Waals surface area contributed by atoms with Crippen LogP contribution in [-0.2, 0) is 4.79 Å². The van der Waals surface area contributed by atoms with Crippen molar-refractivity contribution in [2.45, 2.75) is 31.2 Å². The van der Waals surface area contributed by atoms with Crippen LogP contribution in [-0.4, -0.2) is 22.6 Å². The first-order valence-corrected chi connectivity index (χ1v) is 7.06. The van der Waals surface area contributed by atoms with Crippen LogP contribution in [0.3, 0.4) is 0 Å². The molecule has 0 bridgehead atoms. The number of hydrogen-bond donors (Lipinski definition) is 3. The third-order valence-electron chi connectivity index (χ3n) is 3.42. The van der Waals surface area contributed by atoms with Gasteiger partial charge in [-0.3, -0.25) is 4.79 Å². The van der Waals surface area contributed by atoms with E-state index >= 15 is 0 Å². The predicted molar refractivity (Wildman–Crippen MR) is 75.0 cm³/mol. The van der Waals surface area contributed by atoms with Crippen molar-refractivity contribution in [3.8, 4) is 0 Å². The Morgan fingerprint density at radius 3 is 2.29 bits per heavy atom. The summed E-state index contributed by atoms with van der Waals surface area (Å²) >= 11 is 2.94. The Balaban J connectivity index is 2.07. The molecule has 1 aromatic carbocycles. The number of halogens is 3. The molecule has 0 heterocycles. The minimum atomic E-state index is -1.03. The number of nitrogens with one attached hydrogen (secondary N) is 2. The Morgan fingerprint density at radius 2 is 1.86 bits per heavy atom. The van der Waals surface area contributed by atoms with Crippen molar-refractivity contribution in [2.75, 3.05) is 5.32 Å². The van der Waals surface area contributed by atoms with Gasteiger partial charge in [-0.1, -0.05) is 15.9 Å². The van der Waals surface area contributed by atoms with Crippen molar-refractivity contribution in [3.05, 3.63) is 28.2 Å². The molecule has 0 radical (unpaired) electrons. The molecule has 1 fully saturated rings. The maximum Gasteiger partial charge on any atom is 0.319 e. The lowest BCUT2D eigenvalue weighted by atomic mass is 9.74. The fourth-order valence-electron chi connectivity index (χ4n) is 2.29. The average molecular weight is 363 g/mol. The number of carboxylic acid groups (broad SMARTS) is 1. The number of carbonyl (C=O) groups excluding carboxylic acids is 1. The smallest absolute Gasteiger partial charge is 0.319 e. The minimum absolute atomic E-state index is 0.213. The first-order chi connectivity index (χ1) is 9.81. The lowest BCUT2D eigenvalue weighted by Crippen LogP contribution is -2.55. The highest BCUT2D eigenvalue weighted by molar-refractivity contribution is 9.10. The van der Waals surface area contributed by atoms with Gasteiger partial charge in [-0.2, -0.15) is 0 Å². The van der Waals surface area contributed by atoms with Crippen molar-refractivity contribution in [1.29, 1.82) is 0 Å². The van der Waals surface area contributed by atoms with Crippen LogP contribution in [0, 0.1) is 11.6 Å². The molecule has 0 saturated heterocycles. The largest absolute Gasteiger partial charge is 0.481 e. The van der Waals surface area contributed by atoms with Gasteiger partial charge in [0.05, 0.1) is 12.0 Å². The van der Waals surface area contributed by atoms with Crippen LogP contribution in [0.2, 0.25) is 0 Å². The summed E-state index contributed by atoms with van der Waals surface area (Å²) in [5.74, 6) is -2.87. The Morgan fingerprint density at radius 1 is 1.29 bits per heavy atom. The highest BCUT2D eigenvalue weighted by atomic mass is 79.9. The van der Waals surface area contributed by atoms with Crippen molar-refractivity contribution < 1.29 is 23.5 Å². The van der Waals surface area contributed by atoms with E-state index in [1.807, 2.05) is 0 Å². The van der Waals surface area contributed by atoms with Gasteiger partial charge in [0.1, 0.15) is 5.69 Å². The van der Waals surface area contributed by atoms with Crippen LogP contribution in [0.4, 0.5) is 19.3 Å². The molecule has 114 valence electrons. The van der Waals surface area contributed by atoms with Gasteiger partial charge in [-0.05, 0) is 31.4 Å². The molecule has 21 heavy (non-hydrogen) atoms. The second-order valence-corrected chi connectivity index (χ2v) is 5.94. The van der Waals surface area contributed by atoms with Gasteiger partial charge in [0.2, 0.25) is 0 Å². The zero-order valence-corrected chi connectivity index (χ0v) is 12.5. The molecule has 2 rings (SSSR count). The number of amides is 2. The number of urea groups is 1. The number of benzene rings is 1. The predicted octanol–water partition coefficient (Wildman–Crippen LogP) is 3.25. The summed E-state index contributed by atoms with van der Waals surface area (Å²) in [4.78, 5) is 22.6. The first kappa shape index (κ1) is 15.7. The molecule has 0 aromatic heterocycles. The van der Waals surface area contributed by atoms with E-state index in [9.17, 15) is 18.4 Å². The topological polar surface area (TPSA) is 78.4 Å².